The van der Waals surface area contributed by atoms with Crippen molar-refractivity contribution in [2.45, 2.75) is 19.9 Å². The van der Waals surface area contributed by atoms with Crippen LogP contribution in [-0.4, -0.2) is 35.2 Å². The molecular weight excluding hydrogens is 196 g/mol. The zero-order valence-corrected chi connectivity index (χ0v) is 9.35. The molecule has 0 aliphatic carbocycles. The van der Waals surface area contributed by atoms with Crippen molar-refractivity contribution in [2.75, 3.05) is 24.5 Å². The average molecular weight is 212 g/mol. The number of methoxy groups -OCH3 is 1. The third-order valence-electron chi connectivity index (χ3n) is 2.00. The summed E-state index contributed by atoms with van der Waals surface area (Å²) in [5, 5.41) is 0. The third-order valence-corrected chi connectivity index (χ3v) is 2.00. The Kier molecular flexibility index (Phi) is 3.62. The van der Waals surface area contributed by atoms with Gasteiger partial charge in [-0.1, -0.05) is 0 Å². The number of aromatic nitrogens is 3. The Balaban J connectivity index is 3.06. The van der Waals surface area contributed by atoms with Crippen LogP contribution in [0.4, 0.5) is 11.9 Å². The summed E-state index contributed by atoms with van der Waals surface area (Å²) < 4.78 is 4.94. The molecule has 0 amide bonds. The summed E-state index contributed by atoms with van der Waals surface area (Å²) in [5.74, 6) is 6.04. The van der Waals surface area contributed by atoms with Crippen LogP contribution in [0.1, 0.15) is 13.8 Å². The molecule has 0 aromatic carbocycles. The lowest BCUT2D eigenvalue weighted by Gasteiger charge is -2.21. The van der Waals surface area contributed by atoms with Gasteiger partial charge >= 0.3 is 6.01 Å². The number of hydrazine groups is 1. The number of rotatable bonds is 4. The van der Waals surface area contributed by atoms with Crippen LogP contribution in [-0.2, 0) is 0 Å². The van der Waals surface area contributed by atoms with E-state index >= 15 is 0 Å². The largest absolute Gasteiger partial charge is 0.467 e. The summed E-state index contributed by atoms with van der Waals surface area (Å²) in [4.78, 5) is 14.0. The van der Waals surface area contributed by atoms with Gasteiger partial charge in [0.25, 0.3) is 0 Å². The molecule has 0 radical (unpaired) electrons. The molecule has 0 atom stereocenters. The Hall–Kier alpha value is -1.63. The average Bonchev–Trinajstić information content (AvgIpc) is 2.27. The fraction of sp³-hybridized carbons (Fsp3) is 0.625. The molecule has 0 saturated carbocycles. The van der Waals surface area contributed by atoms with Crippen LogP contribution in [0, 0.1) is 0 Å². The highest BCUT2D eigenvalue weighted by Gasteiger charge is 2.12. The van der Waals surface area contributed by atoms with Crippen LogP contribution in [0.3, 0.4) is 0 Å². The maximum absolute atomic E-state index is 5.24. The molecule has 1 rings (SSSR count). The van der Waals surface area contributed by atoms with Gasteiger partial charge in [0.2, 0.25) is 11.9 Å². The van der Waals surface area contributed by atoms with Gasteiger partial charge in [-0.2, -0.15) is 15.0 Å². The lowest BCUT2D eigenvalue weighted by Crippen LogP contribution is -2.28. The van der Waals surface area contributed by atoms with Gasteiger partial charge in [0.15, 0.2) is 0 Å². The molecule has 0 saturated heterocycles. The minimum Gasteiger partial charge on any atom is -0.467 e. The molecular formula is C8H16N6O. The molecule has 84 valence electrons. The molecule has 0 spiro atoms. The molecule has 0 fully saturated rings. The van der Waals surface area contributed by atoms with E-state index in [-0.39, 0.29) is 18.0 Å². The second-order valence-electron chi connectivity index (χ2n) is 3.29. The quantitative estimate of drug-likeness (QED) is 0.536. The highest BCUT2D eigenvalue weighted by molar-refractivity contribution is 5.37. The minimum atomic E-state index is 0.237. The van der Waals surface area contributed by atoms with E-state index in [2.05, 4.69) is 20.4 Å². The fourth-order valence-electron chi connectivity index (χ4n) is 0.890. The summed E-state index contributed by atoms with van der Waals surface area (Å²) in [5.41, 5.74) is 2.37. The van der Waals surface area contributed by atoms with Crippen molar-refractivity contribution in [2.24, 2.45) is 5.84 Å². The summed E-state index contributed by atoms with van der Waals surface area (Å²) in [6.07, 6.45) is 0. The third kappa shape index (κ3) is 2.66. The highest BCUT2D eigenvalue weighted by Crippen LogP contribution is 2.14. The Labute approximate surface area is 88.6 Å². The number of ether oxygens (including phenoxy) is 1. The van der Waals surface area contributed by atoms with Gasteiger partial charge in [0.1, 0.15) is 0 Å². The normalized spacial score (nSPS) is 10.3. The Morgan fingerprint density at radius 3 is 2.47 bits per heavy atom. The van der Waals surface area contributed by atoms with Crippen LogP contribution in [0.15, 0.2) is 0 Å². The van der Waals surface area contributed by atoms with E-state index in [1.165, 1.54) is 7.11 Å². The number of nitrogens with zero attached hydrogens (tertiary/aromatic N) is 4. The van der Waals surface area contributed by atoms with E-state index in [1.807, 2.05) is 25.8 Å². The van der Waals surface area contributed by atoms with E-state index < -0.39 is 0 Å². The first-order valence-electron chi connectivity index (χ1n) is 4.58. The summed E-state index contributed by atoms with van der Waals surface area (Å²) >= 11 is 0. The van der Waals surface area contributed by atoms with Gasteiger partial charge in [-0.25, -0.2) is 5.84 Å². The number of nitrogens with one attached hydrogen (secondary N) is 1. The van der Waals surface area contributed by atoms with Crippen molar-refractivity contribution in [1.29, 1.82) is 0 Å². The van der Waals surface area contributed by atoms with Gasteiger partial charge in [-0.05, 0) is 13.8 Å². The first kappa shape index (κ1) is 11.4. The number of anilines is 2. The number of hydrogen-bond donors (Lipinski definition) is 2. The van der Waals surface area contributed by atoms with Crippen molar-refractivity contribution in [3.8, 4) is 6.01 Å². The summed E-state index contributed by atoms with van der Waals surface area (Å²) in [6, 6.07) is 0.517. The number of nitrogen functional groups attached to an aromatic ring is 1. The van der Waals surface area contributed by atoms with Gasteiger partial charge in [0.05, 0.1) is 7.11 Å². The minimum absolute atomic E-state index is 0.237. The van der Waals surface area contributed by atoms with E-state index in [9.17, 15) is 0 Å². The van der Waals surface area contributed by atoms with Crippen molar-refractivity contribution in [1.82, 2.24) is 15.0 Å². The standard InChI is InChI=1S/C8H16N6O/c1-5(2)14(3)7-10-6(13-9)11-8(12-7)15-4/h5H,9H2,1-4H3,(H,10,11,12,13). The molecule has 7 heteroatoms. The fourth-order valence-corrected chi connectivity index (χ4v) is 0.890. The van der Waals surface area contributed by atoms with Gasteiger partial charge < -0.3 is 9.64 Å². The summed E-state index contributed by atoms with van der Waals surface area (Å²) in [7, 11) is 3.38. The zero-order valence-electron chi connectivity index (χ0n) is 9.35. The number of hydrogen-bond acceptors (Lipinski definition) is 7. The predicted molar refractivity (Wildman–Crippen MR) is 57.7 cm³/mol. The Morgan fingerprint density at radius 2 is 2.00 bits per heavy atom. The zero-order chi connectivity index (χ0) is 11.4. The molecule has 3 N–H and O–H groups in total. The van der Waals surface area contributed by atoms with Crippen LogP contribution in [0.2, 0.25) is 0 Å². The molecule has 0 aliphatic rings. The topological polar surface area (TPSA) is 89.2 Å². The van der Waals surface area contributed by atoms with Crippen LogP contribution in [0.5, 0.6) is 6.01 Å². The molecule has 1 aromatic heterocycles. The second-order valence-corrected chi connectivity index (χ2v) is 3.29. The van der Waals surface area contributed by atoms with Crippen LogP contribution >= 0.6 is 0 Å². The number of nitrogens with two attached hydrogens (primary N) is 1. The van der Waals surface area contributed by atoms with E-state index in [0.717, 1.165) is 0 Å². The highest BCUT2D eigenvalue weighted by atomic mass is 16.5. The monoisotopic (exact) mass is 212 g/mol. The molecule has 0 unspecified atom stereocenters. The lowest BCUT2D eigenvalue weighted by molar-refractivity contribution is 0.378. The van der Waals surface area contributed by atoms with E-state index in [4.69, 9.17) is 10.6 Å². The summed E-state index contributed by atoms with van der Waals surface area (Å²) in [6.45, 7) is 4.07. The van der Waals surface area contributed by atoms with Gasteiger partial charge in [0, 0.05) is 13.1 Å². The SMILES string of the molecule is COc1nc(NN)nc(N(C)C(C)C)n1. The van der Waals surface area contributed by atoms with Crippen molar-refractivity contribution in [3.63, 3.8) is 0 Å². The second kappa shape index (κ2) is 4.74. The molecule has 1 aromatic rings. The van der Waals surface area contributed by atoms with Crippen molar-refractivity contribution >= 4 is 11.9 Å². The van der Waals surface area contributed by atoms with Crippen LogP contribution in [0.25, 0.3) is 0 Å². The Morgan fingerprint density at radius 1 is 1.33 bits per heavy atom. The molecule has 0 aliphatic heterocycles. The van der Waals surface area contributed by atoms with Gasteiger partial charge in [-0.3, -0.25) is 5.43 Å². The first-order valence-corrected chi connectivity index (χ1v) is 4.58. The van der Waals surface area contributed by atoms with Crippen molar-refractivity contribution in [3.05, 3.63) is 0 Å². The maximum Gasteiger partial charge on any atom is 0.322 e. The first-order chi connectivity index (χ1) is 7.08. The van der Waals surface area contributed by atoms with E-state index in [0.29, 0.717) is 5.95 Å². The predicted octanol–water partition coefficient (Wildman–Crippen LogP) is 0.0104. The molecule has 0 bridgehead atoms. The molecule has 15 heavy (non-hydrogen) atoms. The van der Waals surface area contributed by atoms with Gasteiger partial charge in [-0.15, -0.1) is 0 Å². The van der Waals surface area contributed by atoms with E-state index in [1.54, 1.807) is 0 Å². The maximum atomic E-state index is 5.24. The Bertz CT molecular complexity index is 307. The lowest BCUT2D eigenvalue weighted by atomic mass is 10.4. The smallest absolute Gasteiger partial charge is 0.322 e. The molecule has 1 heterocycles. The molecule has 7 nitrogen and oxygen atoms in total. The van der Waals surface area contributed by atoms with Crippen molar-refractivity contribution < 1.29 is 4.74 Å². The van der Waals surface area contributed by atoms with Crippen LogP contribution < -0.4 is 20.9 Å².